The van der Waals surface area contributed by atoms with Gasteiger partial charge in [0.15, 0.2) is 5.65 Å². The maximum absolute atomic E-state index is 6.56. The van der Waals surface area contributed by atoms with Crippen LogP contribution in [-0.4, -0.2) is 97.4 Å². The molecular formula is C27H38ClN7O. The van der Waals surface area contributed by atoms with Crippen molar-refractivity contribution in [3.05, 3.63) is 35.5 Å². The van der Waals surface area contributed by atoms with E-state index in [1.165, 1.54) is 12.1 Å². The van der Waals surface area contributed by atoms with Crippen LogP contribution in [0.25, 0.3) is 22.6 Å². The molecule has 2 aliphatic heterocycles. The molecule has 8 nitrogen and oxygen atoms in total. The third kappa shape index (κ3) is 5.94. The SMILES string of the molecule is COCCCCN1CCN(c2ccc(-c3nc4c(NC5CCN(C)CC5)c(Cl)cnc4[nH]3)cc2)CC1. The Hall–Kier alpha value is -2.39. The molecule has 4 heterocycles. The second kappa shape index (κ2) is 11.8. The molecule has 9 heteroatoms. The molecule has 0 aliphatic carbocycles. The molecule has 0 spiro atoms. The van der Waals surface area contributed by atoms with Gasteiger partial charge in [0.05, 0.1) is 16.9 Å². The van der Waals surface area contributed by atoms with Crippen molar-refractivity contribution in [1.29, 1.82) is 0 Å². The van der Waals surface area contributed by atoms with Crippen LogP contribution in [0, 0.1) is 0 Å². The molecular weight excluding hydrogens is 474 g/mol. The summed E-state index contributed by atoms with van der Waals surface area (Å²) in [6.45, 7) is 8.53. The van der Waals surface area contributed by atoms with Gasteiger partial charge in [-0.15, -0.1) is 0 Å². The predicted octanol–water partition coefficient (Wildman–Crippen LogP) is 4.33. The summed E-state index contributed by atoms with van der Waals surface area (Å²) in [6, 6.07) is 9.10. The summed E-state index contributed by atoms with van der Waals surface area (Å²) in [6.07, 6.45) is 6.24. The normalized spacial score (nSPS) is 18.2. The number of H-pyrrole nitrogens is 1. The van der Waals surface area contributed by atoms with Gasteiger partial charge in [-0.2, -0.15) is 0 Å². The number of nitrogens with one attached hydrogen (secondary N) is 2. The molecule has 2 aliphatic rings. The second-order valence-corrected chi connectivity index (χ2v) is 10.5. The summed E-state index contributed by atoms with van der Waals surface area (Å²) < 4.78 is 5.16. The number of aromatic amines is 1. The van der Waals surface area contributed by atoms with Crippen molar-refractivity contribution in [2.75, 3.05) is 76.8 Å². The third-order valence-corrected chi connectivity index (χ3v) is 7.77. The van der Waals surface area contributed by atoms with E-state index in [0.29, 0.717) is 11.1 Å². The van der Waals surface area contributed by atoms with E-state index in [0.717, 1.165) is 99.9 Å². The fourth-order valence-electron chi connectivity index (χ4n) is 5.20. The molecule has 0 amide bonds. The second-order valence-electron chi connectivity index (χ2n) is 10.1. The number of piperazine rings is 1. The molecule has 0 bridgehead atoms. The number of piperidine rings is 1. The molecule has 2 N–H and O–H groups in total. The zero-order valence-electron chi connectivity index (χ0n) is 21.5. The Balaban J connectivity index is 1.24. The van der Waals surface area contributed by atoms with Crippen LogP contribution in [0.4, 0.5) is 11.4 Å². The average molecular weight is 512 g/mol. The molecule has 0 saturated carbocycles. The Morgan fingerprint density at radius 1 is 1.06 bits per heavy atom. The summed E-state index contributed by atoms with van der Waals surface area (Å²) >= 11 is 6.56. The lowest BCUT2D eigenvalue weighted by molar-refractivity contribution is 0.182. The molecule has 3 aromatic rings. The lowest BCUT2D eigenvalue weighted by Crippen LogP contribution is -2.46. The highest BCUT2D eigenvalue weighted by Gasteiger charge is 2.21. The van der Waals surface area contributed by atoms with Crippen LogP contribution in [0.5, 0.6) is 0 Å². The van der Waals surface area contributed by atoms with Crippen LogP contribution in [0.2, 0.25) is 5.02 Å². The Kier molecular flexibility index (Phi) is 8.26. The van der Waals surface area contributed by atoms with Gasteiger partial charge in [-0.05, 0) is 76.6 Å². The number of hydrogen-bond acceptors (Lipinski definition) is 7. The van der Waals surface area contributed by atoms with Gasteiger partial charge in [0.25, 0.3) is 0 Å². The van der Waals surface area contributed by atoms with Crippen molar-refractivity contribution >= 4 is 34.1 Å². The van der Waals surface area contributed by atoms with Crippen molar-refractivity contribution in [2.24, 2.45) is 0 Å². The Morgan fingerprint density at radius 3 is 2.53 bits per heavy atom. The van der Waals surface area contributed by atoms with Crippen molar-refractivity contribution < 1.29 is 4.74 Å². The summed E-state index contributed by atoms with van der Waals surface area (Å²) in [5.74, 6) is 0.818. The number of nitrogens with zero attached hydrogens (tertiary/aromatic N) is 5. The lowest BCUT2D eigenvalue weighted by Gasteiger charge is -2.36. The quantitative estimate of drug-likeness (QED) is 0.414. The zero-order valence-corrected chi connectivity index (χ0v) is 22.2. The number of ether oxygens (including phenoxy) is 1. The van der Waals surface area contributed by atoms with Gasteiger partial charge in [-0.1, -0.05) is 11.6 Å². The number of hydrogen-bond donors (Lipinski definition) is 2. The molecule has 36 heavy (non-hydrogen) atoms. The number of halogens is 1. The van der Waals surface area contributed by atoms with Crippen LogP contribution in [0.15, 0.2) is 30.5 Å². The topological polar surface area (TPSA) is 72.6 Å². The Morgan fingerprint density at radius 2 is 1.81 bits per heavy atom. The van der Waals surface area contributed by atoms with Crippen LogP contribution < -0.4 is 10.2 Å². The van der Waals surface area contributed by atoms with Crippen molar-refractivity contribution in [1.82, 2.24) is 24.8 Å². The van der Waals surface area contributed by atoms with E-state index in [1.807, 2.05) is 0 Å². The summed E-state index contributed by atoms with van der Waals surface area (Å²) in [7, 11) is 3.95. The Labute approximate surface area is 219 Å². The minimum Gasteiger partial charge on any atom is -0.385 e. The number of aromatic nitrogens is 3. The molecule has 0 atom stereocenters. The van der Waals surface area contributed by atoms with Crippen LogP contribution in [0.1, 0.15) is 25.7 Å². The zero-order chi connectivity index (χ0) is 24.9. The van der Waals surface area contributed by atoms with Gasteiger partial charge in [-0.3, -0.25) is 4.90 Å². The number of pyridine rings is 1. The first kappa shape index (κ1) is 25.3. The number of likely N-dealkylation sites (tertiary alicyclic amines) is 1. The number of methoxy groups -OCH3 is 1. The van der Waals surface area contributed by atoms with Crippen LogP contribution in [0.3, 0.4) is 0 Å². The highest BCUT2D eigenvalue weighted by Crippen LogP contribution is 2.32. The van der Waals surface area contributed by atoms with Gasteiger partial charge >= 0.3 is 0 Å². The standard InChI is InChI=1S/C27H38ClN7O/c1-33-12-9-21(10-13-33)30-24-23(28)19-29-27-25(24)31-26(32-27)20-5-7-22(8-6-20)35-16-14-34(15-17-35)11-3-4-18-36-2/h5-8,19,21H,3-4,9-18H2,1-2H3,(H2,29,30,31,32). The molecule has 194 valence electrons. The Bertz CT molecular complexity index is 1120. The van der Waals surface area contributed by atoms with Gasteiger partial charge in [0.2, 0.25) is 0 Å². The van der Waals surface area contributed by atoms with Gasteiger partial charge in [0, 0.05) is 57.2 Å². The van der Waals surface area contributed by atoms with Crippen LogP contribution >= 0.6 is 11.6 Å². The minimum atomic E-state index is 0.398. The monoisotopic (exact) mass is 511 g/mol. The predicted molar refractivity (Wildman–Crippen MR) is 148 cm³/mol. The van der Waals surface area contributed by atoms with E-state index in [1.54, 1.807) is 13.3 Å². The first-order valence-corrected chi connectivity index (χ1v) is 13.5. The number of rotatable bonds is 9. The summed E-state index contributed by atoms with van der Waals surface area (Å²) in [4.78, 5) is 20.2. The van der Waals surface area contributed by atoms with Crippen LogP contribution in [-0.2, 0) is 4.74 Å². The molecule has 2 saturated heterocycles. The number of unbranched alkanes of at least 4 members (excludes halogenated alkanes) is 1. The number of anilines is 2. The van der Waals surface area contributed by atoms with Crippen molar-refractivity contribution in [3.63, 3.8) is 0 Å². The summed E-state index contributed by atoms with van der Waals surface area (Å²) in [5.41, 5.74) is 4.77. The molecule has 2 fully saturated rings. The summed E-state index contributed by atoms with van der Waals surface area (Å²) in [5, 5.41) is 4.27. The van der Waals surface area contributed by atoms with E-state index >= 15 is 0 Å². The van der Waals surface area contributed by atoms with Gasteiger partial charge < -0.3 is 24.8 Å². The minimum absolute atomic E-state index is 0.398. The number of benzene rings is 1. The number of fused-ring (bicyclic) bond motifs is 1. The van der Waals surface area contributed by atoms with E-state index in [4.69, 9.17) is 21.3 Å². The fourth-order valence-corrected chi connectivity index (χ4v) is 5.40. The molecule has 2 aromatic heterocycles. The largest absolute Gasteiger partial charge is 0.385 e. The van der Waals surface area contributed by atoms with E-state index in [-0.39, 0.29) is 0 Å². The maximum atomic E-state index is 6.56. The highest BCUT2D eigenvalue weighted by atomic mass is 35.5. The molecule has 0 unspecified atom stereocenters. The van der Waals surface area contributed by atoms with Crippen molar-refractivity contribution in [2.45, 2.75) is 31.7 Å². The smallest absolute Gasteiger partial charge is 0.159 e. The maximum Gasteiger partial charge on any atom is 0.159 e. The molecule has 1 aromatic carbocycles. The van der Waals surface area contributed by atoms with E-state index < -0.39 is 0 Å². The van der Waals surface area contributed by atoms with E-state index in [2.05, 4.69) is 61.3 Å². The van der Waals surface area contributed by atoms with Gasteiger partial charge in [0.1, 0.15) is 11.3 Å². The molecule has 0 radical (unpaired) electrons. The highest BCUT2D eigenvalue weighted by molar-refractivity contribution is 6.34. The fraction of sp³-hybridized carbons (Fsp3) is 0.556. The van der Waals surface area contributed by atoms with E-state index in [9.17, 15) is 0 Å². The number of imidazole rings is 1. The first-order chi connectivity index (χ1) is 17.6. The van der Waals surface area contributed by atoms with Crippen molar-refractivity contribution in [3.8, 4) is 11.4 Å². The third-order valence-electron chi connectivity index (χ3n) is 7.49. The molecule has 5 rings (SSSR count). The lowest BCUT2D eigenvalue weighted by atomic mass is 10.1. The average Bonchev–Trinajstić information content (AvgIpc) is 3.35. The first-order valence-electron chi connectivity index (χ1n) is 13.2. The van der Waals surface area contributed by atoms with Gasteiger partial charge in [-0.25, -0.2) is 9.97 Å².